The summed E-state index contributed by atoms with van der Waals surface area (Å²) in [5.74, 6) is 0. The summed E-state index contributed by atoms with van der Waals surface area (Å²) in [4.78, 5) is 0. The maximum absolute atomic E-state index is 6.19. The molecule has 1 atom stereocenters. The van der Waals surface area contributed by atoms with Crippen LogP contribution >= 0.6 is 6.72 Å². The Morgan fingerprint density at radius 3 is 1.91 bits per heavy atom. The minimum atomic E-state index is -2.74. The fourth-order valence-electron chi connectivity index (χ4n) is 2.28. The molecule has 0 fully saturated rings. The Bertz CT molecular complexity index is 609. The summed E-state index contributed by atoms with van der Waals surface area (Å²) >= 11 is 5.54. The van der Waals surface area contributed by atoms with Crippen LogP contribution in [0.25, 0.3) is 0 Å². The first-order valence-electron chi connectivity index (χ1n) is 7.83. The maximum atomic E-state index is 6.19. The van der Waals surface area contributed by atoms with Crippen molar-refractivity contribution >= 4 is 18.5 Å². The molecule has 124 valence electrons. The molecule has 0 aliphatic carbocycles. The molecule has 0 aromatic heterocycles. The predicted molar refractivity (Wildman–Crippen MR) is 98.0 cm³/mol. The summed E-state index contributed by atoms with van der Waals surface area (Å²) in [6.45, 7) is 2.01. The molecule has 1 unspecified atom stereocenters. The van der Waals surface area contributed by atoms with Crippen LogP contribution < -0.4 is 0 Å². The molecule has 0 bridgehead atoms. The zero-order chi connectivity index (χ0) is 16.5. The van der Waals surface area contributed by atoms with Crippen LogP contribution in [-0.4, -0.2) is 13.2 Å². The first-order valence-corrected chi connectivity index (χ1v) is 10.4. The van der Waals surface area contributed by atoms with Gasteiger partial charge in [0, 0.05) is 6.42 Å². The van der Waals surface area contributed by atoms with Crippen LogP contribution in [0.2, 0.25) is 0 Å². The van der Waals surface area contributed by atoms with Crippen LogP contribution in [0.1, 0.15) is 31.1 Å². The number of rotatable bonds is 9. The summed E-state index contributed by atoms with van der Waals surface area (Å²) in [5, 5.41) is 0. The van der Waals surface area contributed by atoms with E-state index < -0.39 is 6.72 Å². The van der Waals surface area contributed by atoms with E-state index in [9.17, 15) is 0 Å². The van der Waals surface area contributed by atoms with Crippen LogP contribution in [0.15, 0.2) is 60.7 Å². The van der Waals surface area contributed by atoms with Gasteiger partial charge in [-0.05, 0) is 36.8 Å². The third kappa shape index (κ3) is 5.83. The van der Waals surface area contributed by atoms with Crippen molar-refractivity contribution in [2.24, 2.45) is 0 Å². The van der Waals surface area contributed by atoms with E-state index >= 15 is 0 Å². The van der Waals surface area contributed by atoms with E-state index in [2.05, 4.69) is 12.1 Å². The minimum absolute atomic E-state index is 0.192. The molecule has 0 amide bonds. The maximum Gasteiger partial charge on any atom is 0.327 e. The van der Waals surface area contributed by atoms with Crippen molar-refractivity contribution < 1.29 is 13.6 Å². The molecule has 2 rings (SSSR count). The Morgan fingerprint density at radius 2 is 1.39 bits per heavy atom. The Balaban J connectivity index is 2.24. The Morgan fingerprint density at radius 1 is 0.870 bits per heavy atom. The Labute approximate surface area is 143 Å². The Kier molecular flexibility index (Phi) is 7.41. The molecule has 0 aliphatic heterocycles. The van der Waals surface area contributed by atoms with Gasteiger partial charge in [0.25, 0.3) is 0 Å². The normalized spacial score (nSPS) is 13.0. The molecule has 5 heteroatoms. The molecule has 0 saturated carbocycles. The third-order valence-electron chi connectivity index (χ3n) is 3.27. The molecule has 0 N–H and O–H groups in total. The highest BCUT2D eigenvalue weighted by molar-refractivity contribution is 8.07. The van der Waals surface area contributed by atoms with E-state index in [1.165, 1.54) is 5.56 Å². The molecular formula is C18H23O3PS. The van der Waals surface area contributed by atoms with Crippen molar-refractivity contribution in [3.8, 4) is 0 Å². The SMILES string of the molecule is CCOP(=S)(OCC)OC(Cc1ccccc1)c1ccccc1. The molecule has 0 saturated heterocycles. The zero-order valence-electron chi connectivity index (χ0n) is 13.6. The van der Waals surface area contributed by atoms with Crippen molar-refractivity contribution in [2.75, 3.05) is 13.2 Å². The zero-order valence-corrected chi connectivity index (χ0v) is 15.3. The minimum Gasteiger partial charge on any atom is -0.309 e. The molecule has 2 aromatic carbocycles. The van der Waals surface area contributed by atoms with Crippen LogP contribution in [0.4, 0.5) is 0 Å². The lowest BCUT2D eigenvalue weighted by Gasteiger charge is -2.27. The second-order valence-corrected chi connectivity index (χ2v) is 7.94. The molecule has 23 heavy (non-hydrogen) atoms. The summed E-state index contributed by atoms with van der Waals surface area (Å²) in [5.41, 5.74) is 2.26. The van der Waals surface area contributed by atoms with Gasteiger partial charge in [-0.3, -0.25) is 0 Å². The van der Waals surface area contributed by atoms with Crippen LogP contribution in [-0.2, 0) is 31.8 Å². The second-order valence-electron chi connectivity index (χ2n) is 4.98. The largest absolute Gasteiger partial charge is 0.327 e. The molecule has 0 radical (unpaired) electrons. The monoisotopic (exact) mass is 350 g/mol. The quantitative estimate of drug-likeness (QED) is 0.575. The van der Waals surface area contributed by atoms with Crippen LogP contribution in [0.5, 0.6) is 0 Å². The van der Waals surface area contributed by atoms with Crippen molar-refractivity contribution in [1.29, 1.82) is 0 Å². The number of benzene rings is 2. The lowest BCUT2D eigenvalue weighted by Crippen LogP contribution is -2.09. The molecule has 3 nitrogen and oxygen atoms in total. The van der Waals surface area contributed by atoms with Gasteiger partial charge in [0.15, 0.2) is 0 Å². The summed E-state index contributed by atoms with van der Waals surface area (Å²) in [6, 6.07) is 20.3. The Hall–Kier alpha value is -1.03. The fraction of sp³-hybridized carbons (Fsp3) is 0.333. The summed E-state index contributed by atoms with van der Waals surface area (Å²) in [7, 11) is 0. The van der Waals surface area contributed by atoms with Crippen molar-refractivity contribution in [1.82, 2.24) is 0 Å². The first kappa shape index (κ1) is 18.3. The summed E-state index contributed by atoms with van der Waals surface area (Å²) in [6.07, 6.45) is 0.533. The highest BCUT2D eigenvalue weighted by Gasteiger charge is 2.26. The van der Waals surface area contributed by atoms with Crippen LogP contribution in [0.3, 0.4) is 0 Å². The highest BCUT2D eigenvalue weighted by atomic mass is 32.5. The van der Waals surface area contributed by atoms with E-state index in [-0.39, 0.29) is 6.10 Å². The van der Waals surface area contributed by atoms with Gasteiger partial charge in [-0.15, -0.1) is 0 Å². The van der Waals surface area contributed by atoms with Crippen LogP contribution in [0, 0.1) is 0 Å². The highest BCUT2D eigenvalue weighted by Crippen LogP contribution is 2.53. The molecule has 0 spiro atoms. The van der Waals surface area contributed by atoms with Crippen molar-refractivity contribution in [3.63, 3.8) is 0 Å². The first-order chi connectivity index (χ1) is 11.2. The van der Waals surface area contributed by atoms with Gasteiger partial charge in [0.2, 0.25) is 0 Å². The predicted octanol–water partition coefficient (Wildman–Crippen LogP) is 5.28. The van der Waals surface area contributed by atoms with E-state index in [1.807, 2.05) is 62.4 Å². The summed E-state index contributed by atoms with van der Waals surface area (Å²) < 4.78 is 17.5. The van der Waals surface area contributed by atoms with Gasteiger partial charge in [-0.1, -0.05) is 60.7 Å². The third-order valence-corrected chi connectivity index (χ3v) is 5.82. The average Bonchev–Trinajstić information content (AvgIpc) is 2.56. The van der Waals surface area contributed by atoms with Gasteiger partial charge in [0.05, 0.1) is 19.3 Å². The lowest BCUT2D eigenvalue weighted by atomic mass is 10.0. The molecule has 2 aromatic rings. The lowest BCUT2D eigenvalue weighted by molar-refractivity contribution is 0.121. The smallest absolute Gasteiger partial charge is 0.309 e. The van der Waals surface area contributed by atoms with Gasteiger partial charge < -0.3 is 13.6 Å². The number of hydrogen-bond acceptors (Lipinski definition) is 4. The molecular weight excluding hydrogens is 327 g/mol. The molecule has 0 aliphatic rings. The van der Waals surface area contributed by atoms with Gasteiger partial charge in [-0.25, -0.2) is 0 Å². The second kappa shape index (κ2) is 9.31. The van der Waals surface area contributed by atoms with Gasteiger partial charge in [0.1, 0.15) is 0 Å². The van der Waals surface area contributed by atoms with E-state index in [4.69, 9.17) is 25.4 Å². The fourth-order valence-corrected chi connectivity index (χ4v) is 4.56. The molecule has 0 heterocycles. The standard InChI is InChI=1S/C18H23O3PS/c1-3-19-22(23,20-4-2)21-18(17-13-9-6-10-14-17)15-16-11-7-5-8-12-16/h5-14,18H,3-4,15H2,1-2H3. The van der Waals surface area contributed by atoms with Gasteiger partial charge >= 0.3 is 6.72 Å². The van der Waals surface area contributed by atoms with Gasteiger partial charge in [-0.2, -0.15) is 0 Å². The van der Waals surface area contributed by atoms with Crippen molar-refractivity contribution in [2.45, 2.75) is 26.4 Å². The van der Waals surface area contributed by atoms with Crippen molar-refractivity contribution in [3.05, 3.63) is 71.8 Å². The number of hydrogen-bond donors (Lipinski definition) is 0. The topological polar surface area (TPSA) is 27.7 Å². The van der Waals surface area contributed by atoms with E-state index in [1.54, 1.807) is 0 Å². The van der Waals surface area contributed by atoms with E-state index in [0.717, 1.165) is 12.0 Å². The van der Waals surface area contributed by atoms with E-state index in [0.29, 0.717) is 13.2 Å². The average molecular weight is 350 g/mol.